The van der Waals surface area contributed by atoms with Gasteiger partial charge in [-0.2, -0.15) is 0 Å². The second-order valence-electron chi connectivity index (χ2n) is 6.59. The number of ether oxygens (including phenoxy) is 2. The highest BCUT2D eigenvalue weighted by Crippen LogP contribution is 2.22. The standard InChI is InChI=1S/C21H23ClN2O4/c1-27-19-6-7-20(17(12-19)14-25)28-15-21(26)24-10-8-23(9-11-24)13-16-2-4-18(22)5-3-16/h2-7,12,14H,8-11,13,15H2,1H3. The third-order valence-electron chi connectivity index (χ3n) is 4.74. The third-order valence-corrected chi connectivity index (χ3v) is 4.99. The minimum atomic E-state index is -0.0929. The topological polar surface area (TPSA) is 59.1 Å². The van der Waals surface area contributed by atoms with E-state index >= 15 is 0 Å². The van der Waals surface area contributed by atoms with E-state index < -0.39 is 0 Å². The molecule has 0 saturated carbocycles. The van der Waals surface area contributed by atoms with E-state index in [9.17, 15) is 9.59 Å². The van der Waals surface area contributed by atoms with Gasteiger partial charge in [0, 0.05) is 37.7 Å². The van der Waals surface area contributed by atoms with Crippen LogP contribution in [0.4, 0.5) is 0 Å². The summed E-state index contributed by atoms with van der Waals surface area (Å²) < 4.78 is 10.7. The van der Waals surface area contributed by atoms with Crippen molar-refractivity contribution < 1.29 is 19.1 Å². The fourth-order valence-electron chi connectivity index (χ4n) is 3.11. The Morgan fingerprint density at radius 3 is 2.46 bits per heavy atom. The average Bonchev–Trinajstić information content (AvgIpc) is 2.74. The molecule has 0 bridgehead atoms. The molecule has 1 aliphatic heterocycles. The summed E-state index contributed by atoms with van der Waals surface area (Å²) in [6.45, 7) is 3.65. The first-order valence-electron chi connectivity index (χ1n) is 9.09. The number of carbonyl (C=O) groups excluding carboxylic acids is 2. The van der Waals surface area contributed by atoms with Crippen LogP contribution in [0.15, 0.2) is 42.5 Å². The number of hydrogen-bond acceptors (Lipinski definition) is 5. The van der Waals surface area contributed by atoms with Crippen molar-refractivity contribution in [2.75, 3.05) is 39.9 Å². The van der Waals surface area contributed by atoms with Crippen LogP contribution in [-0.2, 0) is 11.3 Å². The Morgan fingerprint density at radius 1 is 1.11 bits per heavy atom. The molecule has 2 aromatic rings. The summed E-state index contributed by atoms with van der Waals surface area (Å²) in [6, 6.07) is 12.7. The molecular formula is C21H23ClN2O4. The smallest absolute Gasteiger partial charge is 0.260 e. The molecule has 0 radical (unpaired) electrons. The first kappa shape index (κ1) is 20.2. The van der Waals surface area contributed by atoms with Gasteiger partial charge in [0.15, 0.2) is 12.9 Å². The molecule has 0 spiro atoms. The number of halogens is 1. The molecule has 0 N–H and O–H groups in total. The summed E-state index contributed by atoms with van der Waals surface area (Å²) in [5, 5.41) is 0.730. The SMILES string of the molecule is COc1ccc(OCC(=O)N2CCN(Cc3ccc(Cl)cc3)CC2)c(C=O)c1. The number of carbonyl (C=O) groups is 2. The molecule has 1 fully saturated rings. The molecule has 148 valence electrons. The van der Waals surface area contributed by atoms with Gasteiger partial charge in [0.25, 0.3) is 5.91 Å². The molecule has 3 rings (SSSR count). The third kappa shape index (κ3) is 5.24. The maximum Gasteiger partial charge on any atom is 0.260 e. The molecule has 6 nitrogen and oxygen atoms in total. The van der Waals surface area contributed by atoms with E-state index in [0.29, 0.717) is 36.4 Å². The highest BCUT2D eigenvalue weighted by molar-refractivity contribution is 6.30. The lowest BCUT2D eigenvalue weighted by Gasteiger charge is -2.34. The molecule has 0 aromatic heterocycles. The summed E-state index contributed by atoms with van der Waals surface area (Å²) in [6.07, 6.45) is 0.692. The molecule has 0 unspecified atom stereocenters. The molecule has 28 heavy (non-hydrogen) atoms. The van der Waals surface area contributed by atoms with Crippen LogP contribution in [0, 0.1) is 0 Å². The van der Waals surface area contributed by atoms with E-state index in [2.05, 4.69) is 4.90 Å². The van der Waals surface area contributed by atoms with Crippen molar-refractivity contribution in [2.45, 2.75) is 6.54 Å². The maximum atomic E-state index is 12.5. The summed E-state index contributed by atoms with van der Waals surface area (Å²) in [4.78, 5) is 27.8. The van der Waals surface area contributed by atoms with Gasteiger partial charge in [-0.1, -0.05) is 23.7 Å². The van der Waals surface area contributed by atoms with Gasteiger partial charge in [0.05, 0.1) is 12.7 Å². The van der Waals surface area contributed by atoms with E-state index in [-0.39, 0.29) is 12.5 Å². The van der Waals surface area contributed by atoms with Crippen LogP contribution >= 0.6 is 11.6 Å². The summed E-state index contributed by atoms with van der Waals surface area (Å²) >= 11 is 5.92. The quantitative estimate of drug-likeness (QED) is 0.666. The van der Waals surface area contributed by atoms with Crippen LogP contribution in [0.25, 0.3) is 0 Å². The Kier molecular flexibility index (Phi) is 6.90. The molecule has 1 heterocycles. The van der Waals surface area contributed by atoms with Gasteiger partial charge >= 0.3 is 0 Å². The van der Waals surface area contributed by atoms with Crippen molar-refractivity contribution in [3.8, 4) is 11.5 Å². The molecule has 1 aliphatic rings. The lowest BCUT2D eigenvalue weighted by Crippen LogP contribution is -2.49. The zero-order valence-corrected chi connectivity index (χ0v) is 16.5. The van der Waals surface area contributed by atoms with Gasteiger partial charge in [-0.15, -0.1) is 0 Å². The minimum Gasteiger partial charge on any atom is -0.497 e. The fraction of sp³-hybridized carbons (Fsp3) is 0.333. The number of benzene rings is 2. The lowest BCUT2D eigenvalue weighted by atomic mass is 10.2. The Bertz CT molecular complexity index is 818. The van der Waals surface area contributed by atoms with Crippen molar-refractivity contribution >= 4 is 23.8 Å². The summed E-state index contributed by atoms with van der Waals surface area (Å²) in [5.74, 6) is 0.863. The van der Waals surface area contributed by atoms with Crippen LogP contribution in [0.2, 0.25) is 5.02 Å². The van der Waals surface area contributed by atoms with Crippen molar-refractivity contribution in [3.63, 3.8) is 0 Å². The van der Waals surface area contributed by atoms with Crippen LogP contribution in [0.5, 0.6) is 11.5 Å². The summed E-state index contributed by atoms with van der Waals surface area (Å²) in [7, 11) is 1.53. The highest BCUT2D eigenvalue weighted by atomic mass is 35.5. The second kappa shape index (κ2) is 9.57. The highest BCUT2D eigenvalue weighted by Gasteiger charge is 2.21. The number of hydrogen-bond donors (Lipinski definition) is 0. The molecule has 7 heteroatoms. The monoisotopic (exact) mass is 402 g/mol. The van der Waals surface area contributed by atoms with Gasteiger partial charge < -0.3 is 14.4 Å². The summed E-state index contributed by atoms with van der Waals surface area (Å²) in [5.41, 5.74) is 1.56. The van der Waals surface area contributed by atoms with E-state index in [1.54, 1.807) is 23.1 Å². The van der Waals surface area contributed by atoms with Gasteiger partial charge in [-0.3, -0.25) is 14.5 Å². The van der Waals surface area contributed by atoms with Crippen molar-refractivity contribution in [1.82, 2.24) is 9.80 Å². The Hall–Kier alpha value is -2.57. The number of methoxy groups -OCH3 is 1. The van der Waals surface area contributed by atoms with Gasteiger partial charge in [-0.05, 0) is 35.9 Å². The first-order valence-corrected chi connectivity index (χ1v) is 9.47. The lowest BCUT2D eigenvalue weighted by molar-refractivity contribution is -0.135. The molecule has 1 amide bonds. The van der Waals surface area contributed by atoms with Crippen molar-refractivity contribution in [1.29, 1.82) is 0 Å². The fourth-order valence-corrected chi connectivity index (χ4v) is 3.24. The Labute approximate surface area is 169 Å². The molecule has 2 aromatic carbocycles. The first-order chi connectivity index (χ1) is 13.6. The predicted octanol–water partition coefficient (Wildman–Crippen LogP) is 2.88. The number of rotatable bonds is 7. The van der Waals surface area contributed by atoms with Gasteiger partial charge in [0.2, 0.25) is 0 Å². The largest absolute Gasteiger partial charge is 0.497 e. The molecular weight excluding hydrogens is 380 g/mol. The second-order valence-corrected chi connectivity index (χ2v) is 7.03. The van der Waals surface area contributed by atoms with Crippen LogP contribution in [0.3, 0.4) is 0 Å². The number of amides is 1. The van der Waals surface area contributed by atoms with Gasteiger partial charge in [0.1, 0.15) is 11.5 Å². The van der Waals surface area contributed by atoms with E-state index in [0.717, 1.165) is 24.7 Å². The van der Waals surface area contributed by atoms with Crippen molar-refractivity contribution in [3.05, 3.63) is 58.6 Å². The number of aldehydes is 1. The normalized spacial score (nSPS) is 14.6. The number of piperazine rings is 1. The van der Waals surface area contributed by atoms with Crippen LogP contribution in [0.1, 0.15) is 15.9 Å². The number of nitrogens with zero attached hydrogens (tertiary/aromatic N) is 2. The van der Waals surface area contributed by atoms with Crippen LogP contribution in [-0.4, -0.2) is 61.9 Å². The van der Waals surface area contributed by atoms with Gasteiger partial charge in [-0.25, -0.2) is 0 Å². The zero-order valence-electron chi connectivity index (χ0n) is 15.8. The molecule has 0 atom stereocenters. The van der Waals surface area contributed by atoms with Crippen LogP contribution < -0.4 is 9.47 Å². The maximum absolute atomic E-state index is 12.5. The van der Waals surface area contributed by atoms with Crippen molar-refractivity contribution in [2.24, 2.45) is 0 Å². The van der Waals surface area contributed by atoms with E-state index in [1.165, 1.54) is 12.7 Å². The Morgan fingerprint density at radius 2 is 1.82 bits per heavy atom. The predicted molar refractivity (Wildman–Crippen MR) is 107 cm³/mol. The van der Waals surface area contributed by atoms with E-state index in [4.69, 9.17) is 21.1 Å². The zero-order chi connectivity index (χ0) is 19.9. The Balaban J connectivity index is 1.47. The molecule has 1 saturated heterocycles. The molecule has 0 aliphatic carbocycles. The average molecular weight is 403 g/mol. The minimum absolute atomic E-state index is 0.0844. The van der Waals surface area contributed by atoms with E-state index in [1.807, 2.05) is 24.3 Å².